The summed E-state index contributed by atoms with van der Waals surface area (Å²) in [5.74, 6) is 0. The first-order valence-corrected chi connectivity index (χ1v) is 6.07. The van der Waals surface area contributed by atoms with Crippen molar-refractivity contribution >= 4 is 17.6 Å². The molecule has 0 saturated heterocycles. The van der Waals surface area contributed by atoms with Crippen molar-refractivity contribution in [2.75, 3.05) is 6.61 Å². The monoisotopic (exact) mass is 258 g/mol. The van der Waals surface area contributed by atoms with Crippen LogP contribution in [0.1, 0.15) is 26.2 Å². The maximum absolute atomic E-state index is 14.3. The fourth-order valence-corrected chi connectivity index (χ4v) is 2.51. The molecule has 2 aliphatic rings. The third-order valence-electron chi connectivity index (χ3n) is 3.14. The Balaban J connectivity index is 2.00. The zero-order chi connectivity index (χ0) is 12.5. The average Bonchev–Trinajstić information content (AvgIpc) is 2.62. The van der Waals surface area contributed by atoms with E-state index in [2.05, 4.69) is 4.99 Å². The van der Waals surface area contributed by atoms with Crippen LogP contribution in [0.5, 0.6) is 0 Å². The number of ether oxygens (including phenoxy) is 1. The Morgan fingerprint density at radius 2 is 2.47 bits per heavy atom. The molecule has 2 rings (SSSR count). The highest BCUT2D eigenvalue weighted by molar-refractivity contribution is 6.31. The second-order valence-corrected chi connectivity index (χ2v) is 5.01. The van der Waals surface area contributed by atoms with E-state index in [1.165, 1.54) is 0 Å². The van der Waals surface area contributed by atoms with Crippen molar-refractivity contribution in [3.05, 3.63) is 22.8 Å². The van der Waals surface area contributed by atoms with E-state index in [1.807, 2.05) is 0 Å². The first kappa shape index (κ1) is 12.4. The number of nitrogens with two attached hydrogens (primary N) is 1. The van der Waals surface area contributed by atoms with E-state index in [-0.39, 0.29) is 12.1 Å². The fourth-order valence-electron chi connectivity index (χ4n) is 2.13. The summed E-state index contributed by atoms with van der Waals surface area (Å²) in [6.07, 6.45) is 5.20. The molecule has 1 unspecified atom stereocenters. The first-order chi connectivity index (χ1) is 7.99. The molecule has 0 aromatic heterocycles. The summed E-state index contributed by atoms with van der Waals surface area (Å²) >= 11 is 6.04. The molecule has 94 valence electrons. The maximum atomic E-state index is 14.3. The molecule has 2 N–H and O–H groups in total. The van der Waals surface area contributed by atoms with Crippen LogP contribution in [0, 0.1) is 0 Å². The lowest BCUT2D eigenvalue weighted by molar-refractivity contribution is 0.230. The van der Waals surface area contributed by atoms with E-state index >= 15 is 0 Å². The van der Waals surface area contributed by atoms with Crippen LogP contribution in [0.2, 0.25) is 0 Å². The van der Waals surface area contributed by atoms with Crippen LogP contribution in [0.3, 0.4) is 0 Å². The standard InChI is InChI=1S/C12H16ClFN2O/c1-12(14)6-2-3-10(13)9(12)5-4-8-7-17-11(15)16-8/h2-3,8H,4-7H2,1H3,(H2,15,16)/t8-,12?/m0/s1. The van der Waals surface area contributed by atoms with E-state index < -0.39 is 5.67 Å². The van der Waals surface area contributed by atoms with Gasteiger partial charge in [0.1, 0.15) is 12.3 Å². The van der Waals surface area contributed by atoms with Crippen LogP contribution in [-0.4, -0.2) is 24.3 Å². The molecule has 17 heavy (non-hydrogen) atoms. The van der Waals surface area contributed by atoms with Gasteiger partial charge in [-0.05, 0) is 31.4 Å². The Labute approximate surface area is 105 Å². The summed E-state index contributed by atoms with van der Waals surface area (Å²) in [5.41, 5.74) is 4.73. The lowest BCUT2D eigenvalue weighted by Gasteiger charge is -2.27. The lowest BCUT2D eigenvalue weighted by atomic mass is 9.86. The number of halogens is 2. The zero-order valence-electron chi connectivity index (χ0n) is 9.75. The van der Waals surface area contributed by atoms with Crippen molar-refractivity contribution in [2.24, 2.45) is 10.7 Å². The number of allylic oxidation sites excluding steroid dienone is 4. The summed E-state index contributed by atoms with van der Waals surface area (Å²) in [4.78, 5) is 4.11. The van der Waals surface area contributed by atoms with E-state index in [0.29, 0.717) is 36.5 Å². The second kappa shape index (κ2) is 4.69. The minimum absolute atomic E-state index is 0.0219. The van der Waals surface area contributed by atoms with Gasteiger partial charge in [0, 0.05) is 11.5 Å². The van der Waals surface area contributed by atoms with Crippen molar-refractivity contribution in [2.45, 2.75) is 37.9 Å². The molecule has 0 aromatic rings. The Bertz CT molecular complexity index is 401. The van der Waals surface area contributed by atoms with Gasteiger partial charge in [-0.1, -0.05) is 17.7 Å². The molecule has 0 saturated carbocycles. The number of aliphatic imine (C=N–C) groups is 1. The topological polar surface area (TPSA) is 47.6 Å². The highest BCUT2D eigenvalue weighted by Crippen LogP contribution is 2.37. The molecular formula is C12H16ClFN2O. The zero-order valence-corrected chi connectivity index (χ0v) is 10.5. The third kappa shape index (κ3) is 2.80. The number of rotatable bonds is 3. The van der Waals surface area contributed by atoms with E-state index in [9.17, 15) is 4.39 Å². The molecule has 3 nitrogen and oxygen atoms in total. The van der Waals surface area contributed by atoms with Crippen molar-refractivity contribution < 1.29 is 9.13 Å². The van der Waals surface area contributed by atoms with Gasteiger partial charge >= 0.3 is 0 Å². The molecule has 1 aliphatic carbocycles. The van der Waals surface area contributed by atoms with Gasteiger partial charge in [-0.3, -0.25) is 0 Å². The normalized spacial score (nSPS) is 32.6. The Hall–Kier alpha value is -1.03. The quantitative estimate of drug-likeness (QED) is 0.846. The fraction of sp³-hybridized carbons (Fsp3) is 0.583. The summed E-state index contributed by atoms with van der Waals surface area (Å²) in [7, 11) is 0. The Morgan fingerprint density at radius 3 is 3.06 bits per heavy atom. The van der Waals surface area contributed by atoms with Crippen molar-refractivity contribution in [3.8, 4) is 0 Å². The Morgan fingerprint density at radius 1 is 1.71 bits per heavy atom. The van der Waals surface area contributed by atoms with E-state index in [4.69, 9.17) is 22.1 Å². The van der Waals surface area contributed by atoms with Crippen LogP contribution >= 0.6 is 11.6 Å². The van der Waals surface area contributed by atoms with E-state index in [1.54, 1.807) is 19.1 Å². The SMILES string of the molecule is CC1(F)CC=CC(Cl)=C1CC[C@H]1COC(N)=N1. The van der Waals surface area contributed by atoms with Gasteiger partial charge < -0.3 is 10.5 Å². The second-order valence-electron chi connectivity index (χ2n) is 4.60. The number of amidine groups is 1. The number of alkyl halides is 1. The van der Waals surface area contributed by atoms with Gasteiger partial charge in [0.25, 0.3) is 6.02 Å². The summed E-state index contributed by atoms with van der Waals surface area (Å²) in [5, 5.41) is 0.511. The van der Waals surface area contributed by atoms with Crippen molar-refractivity contribution in [3.63, 3.8) is 0 Å². The number of nitrogens with zero attached hydrogens (tertiary/aromatic N) is 1. The largest absolute Gasteiger partial charge is 0.463 e. The highest BCUT2D eigenvalue weighted by Gasteiger charge is 2.32. The first-order valence-electron chi connectivity index (χ1n) is 5.70. The third-order valence-corrected chi connectivity index (χ3v) is 3.50. The predicted octanol–water partition coefficient (Wildman–Crippen LogP) is 2.66. The van der Waals surface area contributed by atoms with Gasteiger partial charge in [-0.15, -0.1) is 0 Å². The molecule has 0 spiro atoms. The van der Waals surface area contributed by atoms with Crippen molar-refractivity contribution in [1.82, 2.24) is 0 Å². The molecular weight excluding hydrogens is 243 g/mol. The average molecular weight is 259 g/mol. The molecule has 0 bridgehead atoms. The molecule has 1 aliphatic heterocycles. The van der Waals surface area contributed by atoms with Crippen LogP contribution in [0.15, 0.2) is 27.7 Å². The van der Waals surface area contributed by atoms with Gasteiger partial charge in [-0.25, -0.2) is 9.38 Å². The van der Waals surface area contributed by atoms with Crippen LogP contribution < -0.4 is 5.73 Å². The molecule has 0 amide bonds. The summed E-state index contributed by atoms with van der Waals surface area (Å²) < 4.78 is 19.3. The van der Waals surface area contributed by atoms with Crippen LogP contribution in [0.4, 0.5) is 4.39 Å². The highest BCUT2D eigenvalue weighted by atomic mass is 35.5. The smallest absolute Gasteiger partial charge is 0.282 e. The molecule has 5 heteroatoms. The van der Waals surface area contributed by atoms with Gasteiger partial charge in [-0.2, -0.15) is 0 Å². The summed E-state index contributed by atoms with van der Waals surface area (Å²) in [6, 6.07) is 0.246. The van der Waals surface area contributed by atoms with Crippen molar-refractivity contribution in [1.29, 1.82) is 0 Å². The molecule has 2 atom stereocenters. The van der Waals surface area contributed by atoms with Crippen LogP contribution in [0.25, 0.3) is 0 Å². The Kier molecular flexibility index (Phi) is 3.43. The minimum Gasteiger partial charge on any atom is -0.463 e. The van der Waals surface area contributed by atoms with Gasteiger partial charge in [0.05, 0.1) is 6.04 Å². The maximum Gasteiger partial charge on any atom is 0.282 e. The molecule has 1 heterocycles. The lowest BCUT2D eigenvalue weighted by Crippen LogP contribution is -2.24. The van der Waals surface area contributed by atoms with Gasteiger partial charge in [0.2, 0.25) is 0 Å². The molecule has 0 radical (unpaired) electrons. The number of hydrogen-bond acceptors (Lipinski definition) is 3. The van der Waals surface area contributed by atoms with Gasteiger partial charge in [0.15, 0.2) is 0 Å². The minimum atomic E-state index is -1.35. The molecule has 0 fully saturated rings. The van der Waals surface area contributed by atoms with E-state index in [0.717, 1.165) is 0 Å². The predicted molar refractivity (Wildman–Crippen MR) is 66.7 cm³/mol. The number of hydrogen-bond donors (Lipinski definition) is 1. The van der Waals surface area contributed by atoms with Crippen LogP contribution in [-0.2, 0) is 4.74 Å². The molecule has 0 aromatic carbocycles. The summed E-state index contributed by atoms with van der Waals surface area (Å²) in [6.45, 7) is 2.05.